The molecule has 30 heteroatoms. The number of imide groups is 1. The quantitative estimate of drug-likeness (QED) is 0.0639. The molecular weight excluding hydrogens is 1180 g/mol. The van der Waals surface area contributed by atoms with Crippen LogP contribution in [0.5, 0.6) is 0 Å². The minimum atomic E-state index is -1.97. The zero-order valence-electron chi connectivity index (χ0n) is 51.6. The number of nitrogens with one attached hydrogen (secondary N) is 11. The van der Waals surface area contributed by atoms with Crippen LogP contribution in [0.1, 0.15) is 110 Å². The summed E-state index contributed by atoms with van der Waals surface area (Å²) in [6, 6.07) is -0.742. The Morgan fingerprint density at radius 2 is 1.08 bits per heavy atom. The van der Waals surface area contributed by atoms with Crippen LogP contribution in [0.3, 0.4) is 0 Å². The van der Waals surface area contributed by atoms with Crippen molar-refractivity contribution in [3.8, 4) is 0 Å². The van der Waals surface area contributed by atoms with Crippen molar-refractivity contribution in [2.24, 2.45) is 17.6 Å². The summed E-state index contributed by atoms with van der Waals surface area (Å²) in [7, 11) is 0. The lowest BCUT2D eigenvalue weighted by molar-refractivity contribution is -0.142. The number of hydrogen-bond donors (Lipinski definition) is 14. The summed E-state index contributed by atoms with van der Waals surface area (Å²) in [5.41, 5.74) is 7.89. The largest absolute Gasteiger partial charge is 0.481 e. The topological polar surface area (TPSA) is 452 Å². The molecule has 0 aliphatic carbocycles. The number of rotatable bonds is 17. The number of carbonyl (C=O) groups is 14. The molecule has 0 bridgehead atoms. The molecule has 30 nitrogen and oxygen atoms in total. The van der Waals surface area contributed by atoms with Crippen molar-refractivity contribution in [1.82, 2.24) is 67.6 Å². The fourth-order valence-electron chi connectivity index (χ4n) is 10.8. The van der Waals surface area contributed by atoms with Crippen LogP contribution in [0.2, 0.25) is 0 Å². The first-order valence-corrected chi connectivity index (χ1v) is 30.3. The number of benzene rings is 2. The first-order valence-electron chi connectivity index (χ1n) is 30.3. The van der Waals surface area contributed by atoms with Gasteiger partial charge >= 0.3 is 18.0 Å². The highest BCUT2D eigenvalue weighted by atomic mass is 16.4. The van der Waals surface area contributed by atoms with Gasteiger partial charge in [-0.3, -0.25) is 67.2 Å². The second-order valence-corrected chi connectivity index (χ2v) is 23.3. The van der Waals surface area contributed by atoms with Crippen LogP contribution < -0.4 is 53.6 Å². The number of nitrogens with zero attached hydrogens (tertiary/aromatic N) is 2. The van der Waals surface area contributed by atoms with E-state index in [9.17, 15) is 77.3 Å². The van der Waals surface area contributed by atoms with Crippen LogP contribution in [0.25, 0.3) is 21.8 Å². The predicted octanol–water partition coefficient (Wildman–Crippen LogP) is -0.407. The summed E-state index contributed by atoms with van der Waals surface area (Å²) in [5.74, 6) is -15.2. The van der Waals surface area contributed by atoms with E-state index in [1.165, 1.54) is 0 Å². The van der Waals surface area contributed by atoms with Crippen molar-refractivity contribution in [1.29, 1.82) is 0 Å². The van der Waals surface area contributed by atoms with E-state index >= 15 is 0 Å². The number of H-pyrrole nitrogens is 2. The molecule has 2 fully saturated rings. The average molecular weight is 1270 g/mol. The molecule has 0 radical (unpaired) electrons. The Kier molecular flexibility index (Phi) is 25.1. The number of nitrogens with two attached hydrogens (primary N) is 1. The Bertz CT molecular complexity index is 3380. The number of carboxylic acid groups (broad SMARTS) is 2. The van der Waals surface area contributed by atoms with Gasteiger partial charge in [0.25, 0.3) is 0 Å². The molecule has 492 valence electrons. The van der Waals surface area contributed by atoms with Gasteiger partial charge in [0.1, 0.15) is 48.3 Å². The number of amides is 13. The third-order valence-electron chi connectivity index (χ3n) is 16.1. The number of aliphatic carboxylic acids is 2. The standard InChI is InChI=1S/C61H82N14O16/c1-7-32(5)52-60(90)66-30-49(78)75(33(6)8-2)61(91)74-21-13-18-46(74)59(89)72-45(26-51(81)82)57(87)71-44(25-47(62)76)56(86)70-42(23-34-27-63-38-16-11-9-14-36(34)38)55(85)68-41(22-31(3)4)53(83)65-29-48(77)67-40(19-20-50(79)80)54(84)69-43(58(88)73-52)24-35-28-64-39-17-12-10-15-37(35)39/h9-12,14-17,27-28,31-33,40-46,52,63-64H,7-8,13,18-26,29-30H2,1-6H3,(H2,62,76)(H,65,83)(H,66,90)(H,67,77)(H,68,85)(H,69,84)(H,70,86)(H,71,87)(H,72,89)(H,73,88)(H,79,80)(H,81,82)/t32-,33-,40-,41-,42-,43-,44-,45+,46-,52-/m0/s1. The maximum Gasteiger partial charge on any atom is 0.327 e. The lowest BCUT2D eigenvalue weighted by Crippen LogP contribution is -2.61. The average Bonchev–Trinajstić information content (AvgIpc) is 3.13. The highest BCUT2D eigenvalue weighted by Gasteiger charge is 2.42. The number of primary amides is 1. The fourth-order valence-corrected chi connectivity index (χ4v) is 10.8. The number of aromatic amines is 2. The van der Waals surface area contributed by atoms with Crippen LogP contribution in [0, 0.1) is 11.8 Å². The first-order chi connectivity index (χ1) is 43.2. The molecule has 6 rings (SSSR count). The Morgan fingerprint density at radius 1 is 0.571 bits per heavy atom. The predicted molar refractivity (Wildman–Crippen MR) is 327 cm³/mol. The maximum absolute atomic E-state index is 14.7. The molecule has 0 unspecified atom stereocenters. The molecule has 13 amide bonds. The van der Waals surface area contributed by atoms with E-state index < -0.39 is 182 Å². The van der Waals surface area contributed by atoms with Gasteiger partial charge in [0.05, 0.1) is 25.9 Å². The maximum atomic E-state index is 14.7. The number of carboxylic acids is 2. The second kappa shape index (κ2) is 32.5. The molecule has 2 aromatic carbocycles. The Labute approximate surface area is 523 Å². The summed E-state index contributed by atoms with van der Waals surface area (Å²) >= 11 is 0. The minimum Gasteiger partial charge on any atom is -0.481 e. The molecular formula is C61H82N14O16. The van der Waals surface area contributed by atoms with Gasteiger partial charge < -0.3 is 78.7 Å². The molecule has 4 aromatic rings. The fraction of sp³-hybridized carbons (Fsp3) is 0.508. The summed E-state index contributed by atoms with van der Waals surface area (Å²) < 4.78 is 0. The molecule has 0 spiro atoms. The molecule has 2 aliphatic rings. The molecule has 2 aromatic heterocycles. The van der Waals surface area contributed by atoms with Gasteiger partial charge in [-0.15, -0.1) is 0 Å². The van der Waals surface area contributed by atoms with E-state index in [4.69, 9.17) is 5.73 Å². The third kappa shape index (κ3) is 19.3. The Balaban J connectivity index is 1.40. The minimum absolute atomic E-state index is 0.0276. The van der Waals surface area contributed by atoms with E-state index in [0.717, 1.165) is 9.80 Å². The first kappa shape index (κ1) is 70.2. The van der Waals surface area contributed by atoms with Crippen LogP contribution in [-0.4, -0.2) is 187 Å². The van der Waals surface area contributed by atoms with E-state index in [1.54, 1.807) is 102 Å². The lowest BCUT2D eigenvalue weighted by atomic mass is 9.97. The number of aromatic nitrogens is 2. The van der Waals surface area contributed by atoms with Crippen molar-refractivity contribution in [2.75, 3.05) is 19.6 Å². The van der Waals surface area contributed by atoms with Gasteiger partial charge in [-0.2, -0.15) is 0 Å². The van der Waals surface area contributed by atoms with Gasteiger partial charge in [-0.25, -0.2) is 4.79 Å². The smallest absolute Gasteiger partial charge is 0.327 e. The van der Waals surface area contributed by atoms with Gasteiger partial charge in [-0.1, -0.05) is 77.4 Å². The summed E-state index contributed by atoms with van der Waals surface area (Å²) in [5, 5.41) is 43.5. The van der Waals surface area contributed by atoms with Crippen molar-refractivity contribution in [3.63, 3.8) is 0 Å². The van der Waals surface area contributed by atoms with Crippen LogP contribution >= 0.6 is 0 Å². The van der Waals surface area contributed by atoms with Crippen LogP contribution in [0.15, 0.2) is 60.9 Å². The number of carbonyl (C=O) groups excluding carboxylic acids is 12. The van der Waals surface area contributed by atoms with Gasteiger partial charge in [0.2, 0.25) is 65.0 Å². The lowest BCUT2D eigenvalue weighted by Gasteiger charge is -2.34. The highest BCUT2D eigenvalue weighted by molar-refractivity contribution is 6.03. The van der Waals surface area contributed by atoms with E-state index in [2.05, 4.69) is 57.8 Å². The van der Waals surface area contributed by atoms with Gasteiger partial charge in [0, 0.05) is 66.0 Å². The Hall–Kier alpha value is -9.90. The molecule has 4 heterocycles. The monoisotopic (exact) mass is 1270 g/mol. The van der Waals surface area contributed by atoms with Gasteiger partial charge in [-0.05, 0) is 74.1 Å². The molecule has 0 saturated carbocycles. The van der Waals surface area contributed by atoms with Crippen molar-refractivity contribution in [2.45, 2.75) is 167 Å². The molecule has 2 aliphatic heterocycles. The summed E-state index contributed by atoms with van der Waals surface area (Å²) in [6.45, 7) is 8.29. The summed E-state index contributed by atoms with van der Waals surface area (Å²) in [4.78, 5) is 203. The normalized spacial score (nSPS) is 23.6. The molecule has 2 saturated heterocycles. The summed E-state index contributed by atoms with van der Waals surface area (Å²) in [6.07, 6.45) is 0.0741. The highest BCUT2D eigenvalue weighted by Crippen LogP contribution is 2.24. The number of urea groups is 1. The van der Waals surface area contributed by atoms with E-state index in [1.807, 2.05) is 0 Å². The van der Waals surface area contributed by atoms with Crippen LogP contribution in [-0.2, 0) is 75.2 Å². The van der Waals surface area contributed by atoms with Crippen LogP contribution in [0.4, 0.5) is 4.79 Å². The van der Waals surface area contributed by atoms with Crippen molar-refractivity contribution >= 4 is 105 Å². The Morgan fingerprint density at radius 3 is 1.62 bits per heavy atom. The van der Waals surface area contributed by atoms with Crippen molar-refractivity contribution < 1.29 is 77.3 Å². The SMILES string of the molecule is CC[C@H](C)[C@@H]1NC(=O)[C@H](Cc2c[nH]c3ccccc23)NC(=O)[C@H](CCC(=O)O)NC(=O)CNC(=O)[C@H](CC(C)C)NC(=O)[C@H](Cc2c[nH]c3ccccc23)NC(=O)[C@H](CC(N)=O)NC(=O)[C@@H](CC(=O)O)NC(=O)[C@@H]2CCCN2C(=O)N([C@@H](C)CC)C(=O)CNC1=O. The molecule has 15 N–H and O–H groups in total. The number of fused-ring (bicyclic) bond motifs is 3. The zero-order chi connectivity index (χ0) is 66.8. The molecule has 10 atom stereocenters. The zero-order valence-corrected chi connectivity index (χ0v) is 51.6. The molecule has 91 heavy (non-hydrogen) atoms. The van der Waals surface area contributed by atoms with E-state index in [0.29, 0.717) is 32.9 Å². The second-order valence-electron chi connectivity index (χ2n) is 23.3. The van der Waals surface area contributed by atoms with Crippen molar-refractivity contribution in [3.05, 3.63) is 72.1 Å². The van der Waals surface area contributed by atoms with E-state index in [-0.39, 0.29) is 57.4 Å². The number of hydrogen-bond acceptors (Lipinski definition) is 14. The number of para-hydroxylation sites is 2. The third-order valence-corrected chi connectivity index (χ3v) is 16.1. The van der Waals surface area contributed by atoms with Gasteiger partial charge in [0.15, 0.2) is 0 Å².